The Hall–Kier alpha value is -0.830. The minimum absolute atomic E-state index is 0.132. The minimum Gasteiger partial charge on any atom is -0.481 e. The summed E-state index contributed by atoms with van der Waals surface area (Å²) >= 11 is 3.45. The molecule has 0 saturated heterocycles. The van der Waals surface area contributed by atoms with Crippen LogP contribution in [0, 0.1) is 5.41 Å². The number of hydrogen-bond donors (Lipinski definition) is 1. The summed E-state index contributed by atoms with van der Waals surface area (Å²) in [6.07, 6.45) is 1.92. The van der Waals surface area contributed by atoms with Crippen molar-refractivity contribution in [2.45, 2.75) is 32.6 Å². The molecule has 1 aromatic carbocycles. The van der Waals surface area contributed by atoms with Crippen LogP contribution in [0.5, 0.6) is 0 Å². The van der Waals surface area contributed by atoms with Crippen molar-refractivity contribution in [2.24, 2.45) is 5.41 Å². The second-order valence-electron chi connectivity index (χ2n) is 4.96. The molecule has 1 aromatic rings. The van der Waals surface area contributed by atoms with Gasteiger partial charge in [0.15, 0.2) is 0 Å². The fourth-order valence-electron chi connectivity index (χ4n) is 2.48. The molecule has 0 bridgehead atoms. The molecule has 0 saturated carbocycles. The normalized spacial score (nSPS) is 19.6. The summed E-state index contributed by atoms with van der Waals surface area (Å²) < 4.78 is 1.07. The van der Waals surface area contributed by atoms with Crippen LogP contribution in [0.3, 0.4) is 0 Å². The van der Waals surface area contributed by atoms with Gasteiger partial charge in [-0.1, -0.05) is 22.0 Å². The average molecular weight is 283 g/mol. The number of halogens is 1. The number of carboxylic acid groups (broad SMARTS) is 1. The Morgan fingerprint density at radius 3 is 2.81 bits per heavy atom. The predicted molar refractivity (Wildman–Crippen MR) is 66.6 cm³/mol. The molecule has 2 nitrogen and oxygen atoms in total. The molecule has 1 aliphatic rings. The van der Waals surface area contributed by atoms with Gasteiger partial charge in [0.1, 0.15) is 0 Å². The van der Waals surface area contributed by atoms with Crippen LogP contribution in [0.4, 0.5) is 0 Å². The largest absolute Gasteiger partial charge is 0.481 e. The fraction of sp³-hybridized carbons (Fsp3) is 0.462. The van der Waals surface area contributed by atoms with E-state index in [0.717, 1.165) is 17.3 Å². The highest BCUT2D eigenvalue weighted by Crippen LogP contribution is 2.45. The Morgan fingerprint density at radius 1 is 1.50 bits per heavy atom. The van der Waals surface area contributed by atoms with Gasteiger partial charge in [-0.3, -0.25) is 4.79 Å². The first kappa shape index (κ1) is 11.6. The predicted octanol–water partition coefficient (Wildman–Crippen LogP) is 3.59. The maximum atomic E-state index is 11.3. The number of rotatable bonds is 2. The molecule has 0 amide bonds. The highest BCUT2D eigenvalue weighted by molar-refractivity contribution is 9.10. The van der Waals surface area contributed by atoms with Gasteiger partial charge in [0.25, 0.3) is 0 Å². The molecule has 86 valence electrons. The molecule has 0 heterocycles. The summed E-state index contributed by atoms with van der Waals surface area (Å²) in [6, 6.07) is 6.16. The summed E-state index contributed by atoms with van der Waals surface area (Å²) in [5.74, 6) is -0.582. The number of fused-ring (bicyclic) bond motifs is 1. The highest BCUT2D eigenvalue weighted by Gasteiger charge is 2.40. The second-order valence-corrected chi connectivity index (χ2v) is 5.88. The lowest BCUT2D eigenvalue weighted by Gasteiger charge is -2.27. The molecule has 1 atom stereocenters. The second kappa shape index (κ2) is 3.88. The maximum Gasteiger partial charge on any atom is 0.309 e. The zero-order chi connectivity index (χ0) is 11.9. The van der Waals surface area contributed by atoms with E-state index >= 15 is 0 Å². The number of benzene rings is 1. The molecule has 0 spiro atoms. The first-order valence-corrected chi connectivity index (χ1v) is 6.24. The number of carbonyl (C=O) groups is 1. The number of aliphatic carboxylic acids is 1. The standard InChI is InChI=1S/C13H15BrO2/c1-13(2,12(15)16)11-6-3-8-7-9(14)4-5-10(8)11/h4-5,7,11H,3,6H2,1-2H3,(H,15,16). The van der Waals surface area contributed by atoms with Crippen molar-refractivity contribution in [3.8, 4) is 0 Å². The molecule has 1 N–H and O–H groups in total. The lowest BCUT2D eigenvalue weighted by Crippen LogP contribution is -2.30. The summed E-state index contributed by atoms with van der Waals surface area (Å²) in [7, 11) is 0. The molecule has 1 unspecified atom stereocenters. The lowest BCUT2D eigenvalue weighted by molar-refractivity contribution is -0.148. The maximum absolute atomic E-state index is 11.3. The molecule has 0 aromatic heterocycles. The van der Waals surface area contributed by atoms with Crippen LogP contribution in [-0.4, -0.2) is 11.1 Å². The van der Waals surface area contributed by atoms with E-state index in [-0.39, 0.29) is 5.92 Å². The number of aryl methyl sites for hydroxylation is 1. The third-order valence-corrected chi connectivity index (χ3v) is 4.10. The van der Waals surface area contributed by atoms with E-state index in [4.69, 9.17) is 0 Å². The van der Waals surface area contributed by atoms with Crippen molar-refractivity contribution < 1.29 is 9.90 Å². The van der Waals surface area contributed by atoms with Crippen molar-refractivity contribution in [2.75, 3.05) is 0 Å². The Balaban J connectivity index is 2.41. The van der Waals surface area contributed by atoms with E-state index in [9.17, 15) is 9.90 Å². The molecule has 0 fully saturated rings. The average Bonchev–Trinajstić information content (AvgIpc) is 2.60. The van der Waals surface area contributed by atoms with Gasteiger partial charge in [-0.2, -0.15) is 0 Å². The van der Waals surface area contributed by atoms with Crippen LogP contribution in [0.25, 0.3) is 0 Å². The monoisotopic (exact) mass is 282 g/mol. The van der Waals surface area contributed by atoms with Crippen molar-refractivity contribution in [1.29, 1.82) is 0 Å². The topological polar surface area (TPSA) is 37.3 Å². The molecular formula is C13H15BrO2. The summed E-state index contributed by atoms with van der Waals surface area (Å²) in [6.45, 7) is 3.63. The van der Waals surface area contributed by atoms with Gasteiger partial charge in [0.2, 0.25) is 0 Å². The molecule has 0 aliphatic heterocycles. The van der Waals surface area contributed by atoms with Gasteiger partial charge in [-0.15, -0.1) is 0 Å². The van der Waals surface area contributed by atoms with E-state index in [0.29, 0.717) is 0 Å². The number of hydrogen-bond acceptors (Lipinski definition) is 1. The van der Waals surface area contributed by atoms with Gasteiger partial charge in [0, 0.05) is 10.4 Å². The quantitative estimate of drug-likeness (QED) is 0.900. The SMILES string of the molecule is CC(C)(C(=O)O)C1CCc2cc(Br)ccc21. The van der Waals surface area contributed by atoms with Crippen LogP contribution in [0.1, 0.15) is 37.3 Å². The Kier molecular flexibility index (Phi) is 2.82. The molecule has 2 rings (SSSR count). The van der Waals surface area contributed by atoms with Gasteiger partial charge < -0.3 is 5.11 Å². The van der Waals surface area contributed by atoms with Gasteiger partial charge in [-0.05, 0) is 49.9 Å². The van der Waals surface area contributed by atoms with Crippen molar-refractivity contribution in [1.82, 2.24) is 0 Å². The summed E-state index contributed by atoms with van der Waals surface area (Å²) in [5, 5.41) is 9.27. The van der Waals surface area contributed by atoms with E-state index in [1.807, 2.05) is 19.9 Å². The summed E-state index contributed by atoms with van der Waals surface area (Å²) in [4.78, 5) is 11.3. The van der Waals surface area contributed by atoms with Crippen LogP contribution < -0.4 is 0 Å². The Morgan fingerprint density at radius 2 is 2.19 bits per heavy atom. The highest BCUT2D eigenvalue weighted by atomic mass is 79.9. The molecule has 1 aliphatic carbocycles. The van der Waals surface area contributed by atoms with Gasteiger partial charge >= 0.3 is 5.97 Å². The van der Waals surface area contributed by atoms with E-state index in [2.05, 4.69) is 28.1 Å². The third-order valence-electron chi connectivity index (χ3n) is 3.61. The summed E-state index contributed by atoms with van der Waals surface area (Å²) in [5.41, 5.74) is 1.81. The fourth-order valence-corrected chi connectivity index (χ4v) is 2.89. The smallest absolute Gasteiger partial charge is 0.309 e. The van der Waals surface area contributed by atoms with Gasteiger partial charge in [-0.25, -0.2) is 0 Å². The van der Waals surface area contributed by atoms with Crippen LogP contribution >= 0.6 is 15.9 Å². The zero-order valence-corrected chi connectivity index (χ0v) is 11.0. The molecule has 16 heavy (non-hydrogen) atoms. The zero-order valence-electron chi connectivity index (χ0n) is 9.46. The van der Waals surface area contributed by atoms with Crippen molar-refractivity contribution in [3.63, 3.8) is 0 Å². The molecular weight excluding hydrogens is 268 g/mol. The third kappa shape index (κ3) is 1.77. The first-order valence-electron chi connectivity index (χ1n) is 5.44. The van der Waals surface area contributed by atoms with Crippen molar-refractivity contribution >= 4 is 21.9 Å². The minimum atomic E-state index is -0.715. The molecule has 0 radical (unpaired) electrons. The van der Waals surface area contributed by atoms with Crippen LogP contribution in [0.2, 0.25) is 0 Å². The van der Waals surface area contributed by atoms with Crippen LogP contribution in [0.15, 0.2) is 22.7 Å². The Labute approximate surface area is 104 Å². The van der Waals surface area contributed by atoms with E-state index in [1.165, 1.54) is 11.1 Å². The van der Waals surface area contributed by atoms with Crippen LogP contribution in [-0.2, 0) is 11.2 Å². The van der Waals surface area contributed by atoms with E-state index < -0.39 is 11.4 Å². The number of carboxylic acids is 1. The Bertz CT molecular complexity index is 438. The molecule has 3 heteroatoms. The van der Waals surface area contributed by atoms with Gasteiger partial charge in [0.05, 0.1) is 5.41 Å². The van der Waals surface area contributed by atoms with E-state index in [1.54, 1.807) is 0 Å². The lowest BCUT2D eigenvalue weighted by atomic mass is 9.76. The van der Waals surface area contributed by atoms with Crippen molar-refractivity contribution in [3.05, 3.63) is 33.8 Å². The first-order chi connectivity index (χ1) is 7.43.